The highest BCUT2D eigenvalue weighted by Crippen LogP contribution is 2.36. The van der Waals surface area contributed by atoms with Gasteiger partial charge in [-0.3, -0.25) is 10.3 Å². The summed E-state index contributed by atoms with van der Waals surface area (Å²) >= 11 is 0. The van der Waals surface area contributed by atoms with Crippen LogP contribution in [0, 0.1) is 5.41 Å². The summed E-state index contributed by atoms with van der Waals surface area (Å²) in [5.74, 6) is -0.131. The van der Waals surface area contributed by atoms with Gasteiger partial charge in [0.2, 0.25) is 5.79 Å². The number of amides is 2. The number of anilines is 3. The molecule has 3 aliphatic rings. The Morgan fingerprint density at radius 1 is 1.09 bits per heavy atom. The zero-order chi connectivity index (χ0) is 31.9. The van der Waals surface area contributed by atoms with Crippen molar-refractivity contribution in [1.29, 1.82) is 5.41 Å². The van der Waals surface area contributed by atoms with Gasteiger partial charge in [0, 0.05) is 50.2 Å². The molecule has 46 heavy (non-hydrogen) atoms. The Bertz CT molecular complexity index is 1410. The molecule has 0 radical (unpaired) electrons. The summed E-state index contributed by atoms with van der Waals surface area (Å²) in [6.07, 6.45) is 6.65. The normalized spacial score (nSPS) is 23.7. The third kappa shape index (κ3) is 7.27. The zero-order valence-corrected chi connectivity index (χ0v) is 26.6. The fraction of sp³-hybridized carbons (Fsp3) is 0.515. The van der Waals surface area contributed by atoms with Crippen LogP contribution < -0.4 is 24.8 Å². The summed E-state index contributed by atoms with van der Waals surface area (Å²) in [5, 5.41) is 19.1. The van der Waals surface area contributed by atoms with Gasteiger partial charge in [-0.1, -0.05) is 6.92 Å². The number of carbonyl (C=O) groups is 1. The molecule has 3 aliphatic heterocycles. The Morgan fingerprint density at radius 2 is 1.74 bits per heavy atom. The topological polar surface area (TPSA) is 130 Å². The van der Waals surface area contributed by atoms with Crippen LogP contribution in [0.1, 0.15) is 33.1 Å². The summed E-state index contributed by atoms with van der Waals surface area (Å²) < 4.78 is 24.7. The molecule has 0 spiro atoms. The molecule has 3 aromatic rings. The molecule has 6 rings (SSSR count). The van der Waals surface area contributed by atoms with Crippen LogP contribution in [-0.2, 0) is 20.8 Å². The molecule has 13 nitrogen and oxygen atoms in total. The van der Waals surface area contributed by atoms with Crippen LogP contribution in [0.4, 0.5) is 21.9 Å². The van der Waals surface area contributed by atoms with Crippen molar-refractivity contribution in [1.82, 2.24) is 20.3 Å². The first-order valence-electron chi connectivity index (χ1n) is 16.2. The van der Waals surface area contributed by atoms with Gasteiger partial charge >= 0.3 is 6.03 Å². The standard InChI is InChI=1S/C33H44N8O5/c1-3-25(2)37-32(42)40(24-34)28-8-6-26(7-9-28)38-16-18-39(19-17-38)27-10-12-29(13-11-27)44-21-30-22-45-33(46-30,31-5-4-20-43-31)23-41-35-14-15-36-41/h6-15,24-25,30-31,34H,3-5,16-23H2,1-2H3,(H,37,42). The van der Waals surface area contributed by atoms with Gasteiger partial charge in [-0.05, 0) is 74.7 Å². The smallest absolute Gasteiger partial charge is 0.327 e. The molecule has 2 N–H and O–H groups in total. The van der Waals surface area contributed by atoms with Crippen LogP contribution in [0.25, 0.3) is 0 Å². The van der Waals surface area contributed by atoms with E-state index < -0.39 is 5.79 Å². The molecule has 2 amide bonds. The lowest BCUT2D eigenvalue weighted by molar-refractivity contribution is -0.241. The number of rotatable bonds is 12. The molecule has 0 bridgehead atoms. The van der Waals surface area contributed by atoms with E-state index in [-0.39, 0.29) is 24.3 Å². The van der Waals surface area contributed by atoms with Crippen LogP contribution >= 0.6 is 0 Å². The average molecular weight is 633 g/mol. The number of piperazine rings is 1. The number of aromatic nitrogens is 3. The van der Waals surface area contributed by atoms with E-state index in [0.29, 0.717) is 32.1 Å². The first-order valence-corrected chi connectivity index (χ1v) is 16.2. The zero-order valence-electron chi connectivity index (χ0n) is 26.6. The number of nitrogens with one attached hydrogen (secondary N) is 2. The molecule has 4 heterocycles. The van der Waals surface area contributed by atoms with Gasteiger partial charge in [-0.2, -0.15) is 15.0 Å². The fourth-order valence-electron chi connectivity index (χ4n) is 6.09. The first kappa shape index (κ1) is 31.8. The number of hydrogen-bond donors (Lipinski definition) is 2. The molecule has 3 fully saturated rings. The predicted molar refractivity (Wildman–Crippen MR) is 175 cm³/mol. The van der Waals surface area contributed by atoms with Crippen LogP contribution in [-0.4, -0.2) is 97.4 Å². The van der Waals surface area contributed by atoms with Crippen molar-refractivity contribution in [3.05, 3.63) is 60.9 Å². The summed E-state index contributed by atoms with van der Waals surface area (Å²) in [6, 6.07) is 15.8. The summed E-state index contributed by atoms with van der Waals surface area (Å²) in [6.45, 7) is 9.35. The van der Waals surface area contributed by atoms with Gasteiger partial charge in [0.15, 0.2) is 0 Å². The van der Waals surface area contributed by atoms with Crippen LogP contribution in [0.3, 0.4) is 0 Å². The highest BCUT2D eigenvalue weighted by Gasteiger charge is 2.51. The Morgan fingerprint density at radius 3 is 2.33 bits per heavy atom. The first-order chi connectivity index (χ1) is 22.5. The minimum atomic E-state index is -0.915. The third-order valence-corrected chi connectivity index (χ3v) is 8.87. The Balaban J connectivity index is 0.976. The van der Waals surface area contributed by atoms with E-state index in [1.54, 1.807) is 17.2 Å². The van der Waals surface area contributed by atoms with Crippen molar-refractivity contribution in [3.63, 3.8) is 0 Å². The van der Waals surface area contributed by atoms with E-state index in [9.17, 15) is 4.79 Å². The van der Waals surface area contributed by atoms with Crippen molar-refractivity contribution in [2.24, 2.45) is 0 Å². The average Bonchev–Trinajstić information content (AvgIpc) is 3.89. The molecule has 3 saturated heterocycles. The second-order valence-corrected chi connectivity index (χ2v) is 12.0. The second kappa shape index (κ2) is 14.5. The van der Waals surface area contributed by atoms with E-state index >= 15 is 0 Å². The van der Waals surface area contributed by atoms with Crippen molar-refractivity contribution < 1.29 is 23.7 Å². The van der Waals surface area contributed by atoms with Gasteiger partial charge in [-0.15, -0.1) is 0 Å². The molecule has 0 saturated carbocycles. The van der Waals surface area contributed by atoms with Gasteiger partial charge in [-0.25, -0.2) is 4.79 Å². The van der Waals surface area contributed by atoms with E-state index in [2.05, 4.69) is 37.4 Å². The van der Waals surface area contributed by atoms with Gasteiger partial charge in [0.05, 0.1) is 31.0 Å². The highest BCUT2D eigenvalue weighted by atomic mass is 16.8. The molecule has 246 valence electrons. The number of carbonyl (C=O) groups excluding carboxylic acids is 1. The van der Waals surface area contributed by atoms with Gasteiger partial charge in [0.1, 0.15) is 31.1 Å². The van der Waals surface area contributed by atoms with E-state index in [0.717, 1.165) is 68.9 Å². The van der Waals surface area contributed by atoms with Gasteiger partial charge in [0.25, 0.3) is 0 Å². The third-order valence-electron chi connectivity index (χ3n) is 8.87. The van der Waals surface area contributed by atoms with Crippen molar-refractivity contribution in [3.8, 4) is 5.75 Å². The SMILES string of the molecule is CCC(C)NC(=O)N(C=N)c1ccc(N2CCN(c3ccc(OCC4COC(Cn5nccn5)(C5CCCO5)O4)cc3)CC2)cc1. The molecule has 13 heteroatoms. The lowest BCUT2D eigenvalue weighted by atomic mass is 10.1. The molecular weight excluding hydrogens is 588 g/mol. The molecular formula is C33H44N8O5. The van der Waals surface area contributed by atoms with Crippen LogP contribution in [0.2, 0.25) is 0 Å². The maximum absolute atomic E-state index is 12.6. The van der Waals surface area contributed by atoms with Crippen molar-refractivity contribution in [2.45, 2.75) is 63.7 Å². The molecule has 4 atom stereocenters. The quantitative estimate of drug-likeness (QED) is 0.226. The van der Waals surface area contributed by atoms with Gasteiger partial charge < -0.3 is 34.1 Å². The highest BCUT2D eigenvalue weighted by molar-refractivity contribution is 6.06. The number of hydrogen-bond acceptors (Lipinski definition) is 10. The molecule has 2 aromatic carbocycles. The number of nitrogens with zero attached hydrogens (tertiary/aromatic N) is 6. The Kier molecular flexibility index (Phi) is 10.0. The molecule has 1 aromatic heterocycles. The maximum atomic E-state index is 12.6. The second-order valence-electron chi connectivity index (χ2n) is 12.0. The summed E-state index contributed by atoms with van der Waals surface area (Å²) in [4.78, 5) is 20.2. The van der Waals surface area contributed by atoms with Crippen LogP contribution in [0.15, 0.2) is 60.9 Å². The summed E-state index contributed by atoms with van der Waals surface area (Å²) in [7, 11) is 0. The Labute approximate surface area is 269 Å². The van der Waals surface area contributed by atoms with Crippen LogP contribution in [0.5, 0.6) is 5.75 Å². The molecule has 4 unspecified atom stereocenters. The number of urea groups is 1. The Hall–Kier alpha value is -4.20. The van der Waals surface area contributed by atoms with Crippen molar-refractivity contribution >= 4 is 29.4 Å². The molecule has 0 aliphatic carbocycles. The number of benzene rings is 2. The van der Waals surface area contributed by atoms with E-state index in [1.807, 2.05) is 50.2 Å². The van der Waals surface area contributed by atoms with E-state index in [1.165, 1.54) is 4.90 Å². The van der Waals surface area contributed by atoms with E-state index in [4.69, 9.17) is 24.4 Å². The lowest BCUT2D eigenvalue weighted by Crippen LogP contribution is -2.48. The summed E-state index contributed by atoms with van der Waals surface area (Å²) in [5.41, 5.74) is 2.92. The minimum Gasteiger partial charge on any atom is -0.491 e. The van der Waals surface area contributed by atoms with Crippen molar-refractivity contribution in [2.75, 3.05) is 60.7 Å². The monoisotopic (exact) mass is 632 g/mol. The largest absolute Gasteiger partial charge is 0.491 e. The lowest BCUT2D eigenvalue weighted by Gasteiger charge is -2.37. The fourth-order valence-corrected chi connectivity index (χ4v) is 6.09. The predicted octanol–water partition coefficient (Wildman–Crippen LogP) is 3.90. The minimum absolute atomic E-state index is 0.0470. The maximum Gasteiger partial charge on any atom is 0.327 e. The number of ether oxygens (including phenoxy) is 4.